The summed E-state index contributed by atoms with van der Waals surface area (Å²) in [4.78, 5) is 0. The van der Waals surface area contributed by atoms with Crippen molar-refractivity contribution in [2.45, 2.75) is 20.8 Å². The molecule has 0 bridgehead atoms. The maximum absolute atomic E-state index is 2.02. The summed E-state index contributed by atoms with van der Waals surface area (Å²) in [6.07, 6.45) is 4.48. The molecule has 1 rings (SSSR count). The molecule has 0 nitrogen and oxygen atoms in total. The van der Waals surface area contributed by atoms with Crippen molar-refractivity contribution < 1.29 is 0 Å². The molecule has 0 spiro atoms. The first-order valence-electron chi connectivity index (χ1n) is 2.15. The monoisotopic (exact) mass is 316 g/mol. The molecule has 0 atom stereocenters. The predicted molar refractivity (Wildman–Crippen MR) is 30.8 cm³/mol. The van der Waals surface area contributed by atoms with Gasteiger partial charge in [-0.1, -0.05) is 0 Å². The van der Waals surface area contributed by atoms with Gasteiger partial charge in [0.25, 0.3) is 0 Å². The Bertz CT molecular complexity index is 52.6. The second-order valence-corrected chi connectivity index (χ2v) is 9.85. The van der Waals surface area contributed by atoms with Crippen LogP contribution in [0.25, 0.3) is 0 Å². The zero-order chi connectivity index (χ0) is 4.62. The molecule has 0 amide bonds. The molecule has 0 aromatic rings. The molecule has 0 heterocycles. The molecule has 0 aromatic heterocycles. The Kier molecular flexibility index (Phi) is 1.74. The Balaban J connectivity index is 2.31. The van der Waals surface area contributed by atoms with E-state index in [4.69, 9.17) is 0 Å². The van der Waals surface area contributed by atoms with Gasteiger partial charge in [0.2, 0.25) is 0 Å². The van der Waals surface area contributed by atoms with Crippen molar-refractivity contribution in [1.82, 2.24) is 0 Å². The third-order valence-corrected chi connectivity index (χ3v) is 3.71. The van der Waals surface area contributed by atoms with Crippen molar-refractivity contribution >= 4 is 44.6 Å². The second kappa shape index (κ2) is 1.83. The third kappa shape index (κ3) is 1.27. The average molecular weight is 311 g/mol. The van der Waals surface area contributed by atoms with Gasteiger partial charge in [-0.25, -0.2) is 0 Å². The van der Waals surface area contributed by atoms with E-state index in [2.05, 4.69) is 0 Å². The van der Waals surface area contributed by atoms with Crippen molar-refractivity contribution in [3.63, 3.8) is 0 Å². The van der Waals surface area contributed by atoms with E-state index in [-0.39, 0.29) is 0 Å². The van der Waals surface area contributed by atoms with E-state index >= 15 is 0 Å². The van der Waals surface area contributed by atoms with Crippen LogP contribution in [0.5, 0.6) is 0 Å². The van der Waals surface area contributed by atoms with E-state index in [9.17, 15) is 0 Å². The Labute approximate surface area is 64.9 Å². The number of hydrogen-bond donors (Lipinski definition) is 0. The molecule has 0 aliphatic heterocycles. The van der Waals surface area contributed by atoms with Gasteiger partial charge in [-0.3, -0.25) is 0 Å². The zero-order valence-corrected chi connectivity index (χ0v) is 8.62. The average Bonchev–Trinajstić information content (AvgIpc) is 1.32. The molecular weight excluding hydrogens is 303 g/mol. The van der Waals surface area contributed by atoms with E-state index in [0.717, 1.165) is 1.51 Å². The summed E-state index contributed by atoms with van der Waals surface area (Å²) >= 11 is 4.05. The fourth-order valence-electron chi connectivity index (χ4n) is 0.493. The van der Waals surface area contributed by atoms with Gasteiger partial charge in [-0.15, -0.1) is 0 Å². The summed E-state index contributed by atoms with van der Waals surface area (Å²) in [5, 5.41) is 0. The quantitative estimate of drug-likeness (QED) is 0.556. The van der Waals surface area contributed by atoms with Crippen LogP contribution in [0, 0.1) is 0 Å². The molecule has 1 aliphatic rings. The molecule has 36 valence electrons. The van der Waals surface area contributed by atoms with Crippen molar-refractivity contribution in [2.24, 2.45) is 0 Å². The van der Waals surface area contributed by atoms with Gasteiger partial charge in [-0.2, -0.15) is 0 Å². The van der Waals surface area contributed by atoms with Crippen LogP contribution < -0.4 is 0 Å². The number of hydrogen-bond acceptors (Lipinski definition) is 0. The first-order valence-corrected chi connectivity index (χ1v) is 4.71. The molecule has 2 heteroatoms. The van der Waals surface area contributed by atoms with E-state index in [1.807, 2.05) is 44.6 Å². The van der Waals surface area contributed by atoms with Crippen molar-refractivity contribution in [1.29, 1.82) is 0 Å². The molecule has 0 unspecified atom stereocenters. The molecule has 0 saturated heterocycles. The van der Waals surface area contributed by atoms with Crippen molar-refractivity contribution in [3.8, 4) is 0 Å². The second-order valence-electron chi connectivity index (χ2n) is 1.84. The summed E-state index contributed by atoms with van der Waals surface area (Å²) in [6, 6.07) is 0. The van der Waals surface area contributed by atoms with Gasteiger partial charge < -0.3 is 0 Å². The fourth-order valence-corrected chi connectivity index (χ4v) is 2.30. The van der Waals surface area contributed by atoms with Gasteiger partial charge in [0.1, 0.15) is 0 Å². The SMILES string of the molecule is [TeH]C1([TeH])CCC1. The fraction of sp³-hybridized carbons (Fsp3) is 1.00. The predicted octanol–water partition coefficient (Wildman–Crippen LogP) is 0.0881. The summed E-state index contributed by atoms with van der Waals surface area (Å²) in [5.41, 5.74) is 0. The van der Waals surface area contributed by atoms with Gasteiger partial charge >= 0.3 is 65.4 Å². The Morgan fingerprint density at radius 3 is 1.50 bits per heavy atom. The normalized spacial score (nSPS) is 29.0. The molecule has 0 radical (unpaired) electrons. The van der Waals surface area contributed by atoms with Crippen LogP contribution in [0.3, 0.4) is 0 Å². The van der Waals surface area contributed by atoms with Crippen LogP contribution in [-0.4, -0.2) is 44.6 Å². The van der Waals surface area contributed by atoms with Crippen LogP contribution in [0.4, 0.5) is 0 Å². The molecule has 6 heavy (non-hydrogen) atoms. The first kappa shape index (κ1) is 5.71. The van der Waals surface area contributed by atoms with Gasteiger partial charge in [0.15, 0.2) is 0 Å². The Morgan fingerprint density at radius 2 is 1.50 bits per heavy atom. The van der Waals surface area contributed by atoms with Gasteiger partial charge in [0, 0.05) is 0 Å². The topological polar surface area (TPSA) is 0 Å². The first-order chi connectivity index (χ1) is 2.71. The molecule has 1 aliphatic carbocycles. The Hall–Kier alpha value is 1.58. The summed E-state index contributed by atoms with van der Waals surface area (Å²) in [7, 11) is 0. The van der Waals surface area contributed by atoms with Crippen LogP contribution in [0.2, 0.25) is 1.51 Å². The van der Waals surface area contributed by atoms with Crippen LogP contribution in [0.1, 0.15) is 19.3 Å². The van der Waals surface area contributed by atoms with Crippen LogP contribution in [0.15, 0.2) is 0 Å². The van der Waals surface area contributed by atoms with E-state index in [1.54, 1.807) is 0 Å². The zero-order valence-electron chi connectivity index (χ0n) is 3.52. The standard InChI is InChI=1S/C4H8Te2/c5-4(6)2-1-3-4/h5-6H,1-3H2. The van der Waals surface area contributed by atoms with E-state index in [1.165, 1.54) is 19.3 Å². The summed E-state index contributed by atoms with van der Waals surface area (Å²) in [5.74, 6) is 0. The summed E-state index contributed by atoms with van der Waals surface area (Å²) in [6.45, 7) is 0. The molecule has 0 N–H and O–H groups in total. The van der Waals surface area contributed by atoms with Crippen LogP contribution >= 0.6 is 0 Å². The third-order valence-electron chi connectivity index (χ3n) is 1.15. The summed E-state index contributed by atoms with van der Waals surface area (Å²) < 4.78 is 0.822. The van der Waals surface area contributed by atoms with Crippen LogP contribution in [-0.2, 0) is 0 Å². The molecule has 0 aromatic carbocycles. The van der Waals surface area contributed by atoms with Gasteiger partial charge in [0.05, 0.1) is 0 Å². The minimum atomic E-state index is 0.822. The Morgan fingerprint density at radius 1 is 1.17 bits per heavy atom. The molecule has 1 fully saturated rings. The number of rotatable bonds is 0. The molecular formula is C4H8Te2. The van der Waals surface area contributed by atoms with E-state index in [0.29, 0.717) is 0 Å². The van der Waals surface area contributed by atoms with E-state index < -0.39 is 0 Å². The van der Waals surface area contributed by atoms with Crippen molar-refractivity contribution in [3.05, 3.63) is 0 Å². The minimum absolute atomic E-state index is 0.822. The van der Waals surface area contributed by atoms with Gasteiger partial charge in [-0.05, 0) is 0 Å². The molecule has 1 saturated carbocycles. The van der Waals surface area contributed by atoms with Crippen molar-refractivity contribution in [2.75, 3.05) is 0 Å². The maximum atomic E-state index is 2.02.